The molecule has 28 heavy (non-hydrogen) atoms. The number of hydrogen-bond acceptors (Lipinski definition) is 5. The molecule has 1 fully saturated rings. The Labute approximate surface area is 166 Å². The molecule has 0 bridgehead atoms. The van der Waals surface area contributed by atoms with E-state index in [2.05, 4.69) is 15.6 Å². The normalized spacial score (nSPS) is 19.8. The predicted octanol–water partition coefficient (Wildman–Crippen LogP) is 1.57. The fraction of sp³-hybridized carbons (Fsp3) is 0.650. The van der Waals surface area contributed by atoms with E-state index in [0.717, 1.165) is 37.9 Å². The molecule has 1 aromatic heterocycles. The van der Waals surface area contributed by atoms with Gasteiger partial charge < -0.3 is 24.7 Å². The number of guanidine groups is 1. The first-order chi connectivity index (χ1) is 13.5. The summed E-state index contributed by atoms with van der Waals surface area (Å²) in [4.78, 5) is 29.7. The number of nitrogens with one attached hydrogen (secondary N) is 2. The number of esters is 1. The monoisotopic (exact) mass is 392 g/mol. The highest BCUT2D eigenvalue weighted by molar-refractivity contribution is 5.85. The lowest BCUT2D eigenvalue weighted by molar-refractivity contribution is -0.149. The number of hydrogen-bond donors (Lipinski definition) is 2. The van der Waals surface area contributed by atoms with Crippen LogP contribution in [0.15, 0.2) is 27.8 Å². The van der Waals surface area contributed by atoms with Crippen molar-refractivity contribution >= 4 is 17.8 Å². The van der Waals surface area contributed by atoms with Gasteiger partial charge in [-0.15, -0.1) is 0 Å². The topological polar surface area (TPSA) is 96.2 Å². The van der Waals surface area contributed by atoms with Crippen LogP contribution in [0.5, 0.6) is 0 Å². The zero-order valence-corrected chi connectivity index (χ0v) is 17.1. The van der Waals surface area contributed by atoms with Crippen LogP contribution in [0, 0.1) is 5.92 Å². The third kappa shape index (κ3) is 7.25. The van der Waals surface area contributed by atoms with Crippen molar-refractivity contribution < 1.29 is 18.7 Å². The molecule has 1 amide bonds. The number of carbonyl (C=O) groups is 2. The summed E-state index contributed by atoms with van der Waals surface area (Å²) in [5.74, 6) is 1.34. The molecule has 1 aliphatic carbocycles. The number of likely N-dealkylation sites (N-methyl/N-ethyl adjacent to an activating group) is 1. The maximum absolute atomic E-state index is 11.9. The first kappa shape index (κ1) is 21.8. The summed E-state index contributed by atoms with van der Waals surface area (Å²) in [7, 11) is 3.43. The summed E-state index contributed by atoms with van der Waals surface area (Å²) >= 11 is 0. The maximum Gasteiger partial charge on any atom is 0.308 e. The van der Waals surface area contributed by atoms with Gasteiger partial charge in [-0.2, -0.15) is 0 Å². The van der Waals surface area contributed by atoms with Crippen LogP contribution in [0.4, 0.5) is 0 Å². The highest BCUT2D eigenvalue weighted by Crippen LogP contribution is 2.25. The van der Waals surface area contributed by atoms with Gasteiger partial charge in [-0.25, -0.2) is 4.99 Å². The molecule has 8 heteroatoms. The molecule has 156 valence electrons. The number of carbonyl (C=O) groups excluding carboxylic acids is 2. The van der Waals surface area contributed by atoms with Crippen LogP contribution in [-0.2, 0) is 20.7 Å². The molecule has 1 aliphatic rings. The van der Waals surface area contributed by atoms with E-state index in [9.17, 15) is 9.59 Å². The predicted molar refractivity (Wildman–Crippen MR) is 107 cm³/mol. The van der Waals surface area contributed by atoms with Crippen molar-refractivity contribution in [1.29, 1.82) is 0 Å². The molecular weight excluding hydrogens is 360 g/mol. The number of furan rings is 1. The number of rotatable bonds is 8. The Morgan fingerprint density at radius 2 is 2.04 bits per heavy atom. The van der Waals surface area contributed by atoms with E-state index in [-0.39, 0.29) is 30.4 Å². The summed E-state index contributed by atoms with van der Waals surface area (Å²) in [6.07, 6.45) is 5.71. The number of nitrogens with zero attached hydrogens (tertiary/aromatic N) is 2. The lowest BCUT2D eigenvalue weighted by atomic mass is 9.86. The van der Waals surface area contributed by atoms with Crippen molar-refractivity contribution in [3.8, 4) is 0 Å². The average molecular weight is 393 g/mol. The minimum Gasteiger partial charge on any atom is -0.469 e. The van der Waals surface area contributed by atoms with E-state index in [4.69, 9.17) is 9.15 Å². The van der Waals surface area contributed by atoms with Crippen molar-refractivity contribution in [2.75, 3.05) is 33.8 Å². The highest BCUT2D eigenvalue weighted by Gasteiger charge is 2.27. The zero-order chi connectivity index (χ0) is 20.4. The van der Waals surface area contributed by atoms with Crippen LogP contribution in [0.1, 0.15) is 38.4 Å². The summed E-state index contributed by atoms with van der Waals surface area (Å²) in [6, 6.07) is 4.01. The molecule has 1 saturated carbocycles. The van der Waals surface area contributed by atoms with Crippen LogP contribution in [0.25, 0.3) is 0 Å². The number of amides is 1. The molecule has 8 nitrogen and oxygen atoms in total. The molecule has 0 radical (unpaired) electrons. The second kappa shape index (κ2) is 11.4. The summed E-state index contributed by atoms with van der Waals surface area (Å²) in [5.41, 5.74) is 0. The molecule has 1 heterocycles. The van der Waals surface area contributed by atoms with Gasteiger partial charge >= 0.3 is 5.97 Å². The molecule has 0 spiro atoms. The molecule has 0 atom stereocenters. The van der Waals surface area contributed by atoms with E-state index in [0.29, 0.717) is 19.1 Å². The summed E-state index contributed by atoms with van der Waals surface area (Å²) < 4.78 is 10.5. The van der Waals surface area contributed by atoms with E-state index >= 15 is 0 Å². The van der Waals surface area contributed by atoms with Gasteiger partial charge in [-0.1, -0.05) is 0 Å². The Balaban J connectivity index is 1.86. The Morgan fingerprint density at radius 3 is 2.64 bits per heavy atom. The lowest BCUT2D eigenvalue weighted by Crippen LogP contribution is -2.46. The quantitative estimate of drug-likeness (QED) is 0.396. The van der Waals surface area contributed by atoms with Gasteiger partial charge in [0.15, 0.2) is 5.96 Å². The first-order valence-electron chi connectivity index (χ1n) is 9.93. The minimum absolute atomic E-state index is 0.0133. The molecule has 1 aromatic rings. The fourth-order valence-corrected chi connectivity index (χ4v) is 3.13. The largest absolute Gasteiger partial charge is 0.469 e. The fourth-order valence-electron chi connectivity index (χ4n) is 3.13. The second-order valence-electron chi connectivity index (χ2n) is 7.15. The molecule has 2 rings (SSSR count). The van der Waals surface area contributed by atoms with Crippen LogP contribution in [-0.4, -0.2) is 62.6 Å². The number of ether oxygens (including phenoxy) is 1. The van der Waals surface area contributed by atoms with E-state index in [1.165, 1.54) is 4.90 Å². The van der Waals surface area contributed by atoms with Crippen molar-refractivity contribution in [3.05, 3.63) is 24.2 Å². The Morgan fingerprint density at radius 1 is 1.29 bits per heavy atom. The molecule has 0 saturated heterocycles. The van der Waals surface area contributed by atoms with Gasteiger partial charge in [-0.3, -0.25) is 9.59 Å². The Bertz CT molecular complexity index is 635. The number of aliphatic imine (C=N–C) groups is 1. The molecule has 0 unspecified atom stereocenters. The summed E-state index contributed by atoms with van der Waals surface area (Å²) in [6.45, 7) is 2.99. The summed E-state index contributed by atoms with van der Waals surface area (Å²) in [5, 5.41) is 6.68. The van der Waals surface area contributed by atoms with Crippen molar-refractivity contribution in [1.82, 2.24) is 15.5 Å². The third-order valence-corrected chi connectivity index (χ3v) is 4.80. The first-order valence-corrected chi connectivity index (χ1v) is 9.93. The Kier molecular flexibility index (Phi) is 8.84. The smallest absolute Gasteiger partial charge is 0.308 e. The second-order valence-corrected chi connectivity index (χ2v) is 7.15. The Hall–Kier alpha value is -2.51. The van der Waals surface area contributed by atoms with Crippen LogP contribution in [0.2, 0.25) is 0 Å². The molecule has 2 N–H and O–H groups in total. The zero-order valence-electron chi connectivity index (χ0n) is 17.1. The van der Waals surface area contributed by atoms with Crippen LogP contribution in [0.3, 0.4) is 0 Å². The molecule has 0 aromatic carbocycles. The van der Waals surface area contributed by atoms with Crippen LogP contribution >= 0.6 is 0 Å². The van der Waals surface area contributed by atoms with Gasteiger partial charge in [0.2, 0.25) is 5.91 Å². The average Bonchev–Trinajstić information content (AvgIpc) is 3.19. The standard InChI is InChI=1S/C20H32N4O4/c1-4-27-19(26)15-7-9-16(10-8-15)23-20(22-14-18(25)24(2)3)21-12-11-17-6-5-13-28-17/h5-6,13,15-16H,4,7-12,14H2,1-3H3,(H2,21,22,23). The van der Waals surface area contributed by atoms with E-state index in [1.807, 2.05) is 19.1 Å². The minimum atomic E-state index is -0.0945. The van der Waals surface area contributed by atoms with Crippen molar-refractivity contribution in [3.63, 3.8) is 0 Å². The van der Waals surface area contributed by atoms with Gasteiger partial charge in [0.05, 0.1) is 18.8 Å². The molecular formula is C20H32N4O4. The van der Waals surface area contributed by atoms with E-state index < -0.39 is 0 Å². The molecule has 0 aliphatic heterocycles. The van der Waals surface area contributed by atoms with Crippen molar-refractivity contribution in [2.24, 2.45) is 10.9 Å². The van der Waals surface area contributed by atoms with E-state index in [1.54, 1.807) is 20.4 Å². The van der Waals surface area contributed by atoms with Crippen molar-refractivity contribution in [2.45, 2.75) is 45.1 Å². The SMILES string of the molecule is CCOC(=O)C1CCC(NC(=NCC(=O)N(C)C)NCCc2ccco2)CC1. The highest BCUT2D eigenvalue weighted by atomic mass is 16.5. The van der Waals surface area contributed by atoms with Gasteiger partial charge in [-0.05, 0) is 44.7 Å². The van der Waals surface area contributed by atoms with Gasteiger partial charge in [0.25, 0.3) is 0 Å². The maximum atomic E-state index is 11.9. The van der Waals surface area contributed by atoms with Crippen LogP contribution < -0.4 is 10.6 Å². The lowest BCUT2D eigenvalue weighted by Gasteiger charge is -2.29. The van der Waals surface area contributed by atoms with Gasteiger partial charge in [0.1, 0.15) is 12.3 Å². The van der Waals surface area contributed by atoms with Gasteiger partial charge in [0, 0.05) is 33.1 Å². The third-order valence-electron chi connectivity index (χ3n) is 4.80.